The van der Waals surface area contributed by atoms with Gasteiger partial charge in [-0.1, -0.05) is 41.4 Å². The van der Waals surface area contributed by atoms with Gasteiger partial charge in [-0.3, -0.25) is 9.69 Å². The van der Waals surface area contributed by atoms with Crippen LogP contribution in [0.15, 0.2) is 61.1 Å². The number of hydrogen-bond acceptors (Lipinski definition) is 5. The Kier molecular flexibility index (Phi) is 6.35. The number of phenols is 1. The molecule has 3 aromatic carbocycles. The fourth-order valence-corrected chi connectivity index (χ4v) is 5.27. The molecule has 5 rings (SSSR count). The van der Waals surface area contributed by atoms with Crippen LogP contribution in [0, 0.1) is 11.3 Å². The number of aromatic amines is 1. The van der Waals surface area contributed by atoms with Gasteiger partial charge in [-0.15, -0.1) is 0 Å². The van der Waals surface area contributed by atoms with E-state index in [4.69, 9.17) is 23.2 Å². The first-order chi connectivity index (χ1) is 16.9. The number of fused-ring (bicyclic) bond motifs is 1. The predicted octanol–water partition coefficient (Wildman–Crippen LogP) is 5.08. The Balaban J connectivity index is 1.42. The number of hydrogen-bond donors (Lipinski definition) is 2. The van der Waals surface area contributed by atoms with Crippen LogP contribution in [0.3, 0.4) is 0 Å². The quantitative estimate of drug-likeness (QED) is 0.394. The average molecular weight is 506 g/mol. The number of anilines is 1. The van der Waals surface area contributed by atoms with Gasteiger partial charge in [-0.25, -0.2) is 4.98 Å². The Morgan fingerprint density at radius 2 is 1.94 bits per heavy atom. The average Bonchev–Trinajstić information content (AvgIpc) is 3.37. The Labute approximate surface area is 212 Å². The van der Waals surface area contributed by atoms with Gasteiger partial charge in [0.15, 0.2) is 0 Å². The topological polar surface area (TPSA) is 96.2 Å². The molecule has 0 saturated carbocycles. The van der Waals surface area contributed by atoms with Crippen LogP contribution in [0.2, 0.25) is 10.0 Å². The normalized spacial score (nSPS) is 15.3. The maximum absolute atomic E-state index is 13.4. The number of carbonyl (C=O) groups excluding carboxylic acids is 1. The molecule has 1 aromatic heterocycles. The standard InChI is InChI=1S/C26H21Cl2N5O2/c27-21-8-16(9-22(28)20(21)12-29)10-25(23-13-30-15-31-23)32-6-7-33(26(35)14-32)24-3-1-2-17-4-5-18(34)11-19(17)24/h1-5,8-9,11,13,15,25,34H,6-7,10,14H2,(H,30,31). The molecule has 0 aliphatic carbocycles. The van der Waals surface area contributed by atoms with E-state index < -0.39 is 0 Å². The highest BCUT2D eigenvalue weighted by Gasteiger charge is 2.32. The SMILES string of the molecule is N#Cc1c(Cl)cc(CC(c2cnc[nH]2)N2CCN(c3cccc4ccc(O)cc34)C(=O)C2)cc1Cl. The number of benzene rings is 3. The van der Waals surface area contributed by atoms with Gasteiger partial charge in [-0.2, -0.15) is 5.26 Å². The maximum atomic E-state index is 13.4. The fraction of sp³-hybridized carbons (Fsp3) is 0.192. The molecule has 35 heavy (non-hydrogen) atoms. The smallest absolute Gasteiger partial charge is 0.241 e. The molecule has 0 spiro atoms. The van der Waals surface area contributed by atoms with Crippen LogP contribution in [0.4, 0.5) is 5.69 Å². The van der Waals surface area contributed by atoms with Crippen molar-refractivity contribution in [3.63, 3.8) is 0 Å². The maximum Gasteiger partial charge on any atom is 0.241 e. The van der Waals surface area contributed by atoms with Crippen LogP contribution < -0.4 is 4.90 Å². The molecule has 4 aromatic rings. The van der Waals surface area contributed by atoms with Crippen LogP contribution in [-0.4, -0.2) is 45.5 Å². The number of amides is 1. The van der Waals surface area contributed by atoms with Gasteiger partial charge in [0.1, 0.15) is 11.8 Å². The molecule has 1 aliphatic rings. The minimum absolute atomic E-state index is 0.0347. The van der Waals surface area contributed by atoms with Crippen molar-refractivity contribution in [2.24, 2.45) is 0 Å². The van der Waals surface area contributed by atoms with Crippen LogP contribution in [0.1, 0.15) is 22.9 Å². The van der Waals surface area contributed by atoms with Gasteiger partial charge in [0.25, 0.3) is 0 Å². The molecule has 7 nitrogen and oxygen atoms in total. The fourth-order valence-electron chi connectivity index (χ4n) is 4.65. The second-order valence-electron chi connectivity index (χ2n) is 8.47. The summed E-state index contributed by atoms with van der Waals surface area (Å²) in [5.74, 6) is 0.127. The number of piperazine rings is 1. The number of nitrogens with one attached hydrogen (secondary N) is 1. The molecular formula is C26H21Cl2N5O2. The Bertz CT molecular complexity index is 1430. The van der Waals surface area contributed by atoms with Crippen molar-refractivity contribution in [1.29, 1.82) is 5.26 Å². The number of nitriles is 1. The minimum atomic E-state index is -0.166. The van der Waals surface area contributed by atoms with Crippen molar-refractivity contribution in [2.75, 3.05) is 24.5 Å². The Morgan fingerprint density at radius 1 is 1.14 bits per heavy atom. The summed E-state index contributed by atoms with van der Waals surface area (Å²) in [6.07, 6.45) is 3.90. The summed E-state index contributed by atoms with van der Waals surface area (Å²) in [7, 11) is 0. The molecule has 1 unspecified atom stereocenters. The number of aromatic nitrogens is 2. The molecule has 0 bridgehead atoms. The summed E-state index contributed by atoms with van der Waals surface area (Å²) in [5.41, 5.74) is 2.77. The van der Waals surface area contributed by atoms with E-state index in [2.05, 4.69) is 14.9 Å². The van der Waals surface area contributed by atoms with Crippen LogP contribution in [-0.2, 0) is 11.2 Å². The van der Waals surface area contributed by atoms with E-state index in [1.807, 2.05) is 30.3 Å². The number of halogens is 2. The van der Waals surface area contributed by atoms with Gasteiger partial charge in [0.2, 0.25) is 5.91 Å². The lowest BCUT2D eigenvalue weighted by Gasteiger charge is -2.39. The molecule has 2 N–H and O–H groups in total. The lowest BCUT2D eigenvalue weighted by Crippen LogP contribution is -2.52. The zero-order valence-electron chi connectivity index (χ0n) is 18.6. The summed E-state index contributed by atoms with van der Waals surface area (Å²) in [5, 5.41) is 21.7. The van der Waals surface area contributed by atoms with E-state index >= 15 is 0 Å². The minimum Gasteiger partial charge on any atom is -0.508 e. The molecular weight excluding hydrogens is 485 g/mol. The molecule has 2 heterocycles. The first-order valence-corrected chi connectivity index (χ1v) is 11.8. The summed E-state index contributed by atoms with van der Waals surface area (Å²) < 4.78 is 0. The van der Waals surface area contributed by atoms with E-state index in [1.54, 1.807) is 41.7 Å². The molecule has 176 valence electrons. The number of imidazole rings is 1. The van der Waals surface area contributed by atoms with E-state index in [0.29, 0.717) is 29.6 Å². The molecule has 9 heteroatoms. The van der Waals surface area contributed by atoms with E-state index in [-0.39, 0.29) is 29.8 Å². The number of nitrogens with zero attached hydrogens (tertiary/aromatic N) is 4. The number of rotatable bonds is 5. The molecule has 1 aliphatic heterocycles. The second-order valence-corrected chi connectivity index (χ2v) is 9.29. The molecule has 1 atom stereocenters. The lowest BCUT2D eigenvalue weighted by atomic mass is 9.99. The molecule has 1 amide bonds. The summed E-state index contributed by atoms with van der Waals surface area (Å²) in [6, 6.07) is 16.3. The van der Waals surface area contributed by atoms with Crippen LogP contribution in [0.25, 0.3) is 10.8 Å². The van der Waals surface area contributed by atoms with Gasteiger partial charge in [0, 0.05) is 24.7 Å². The van der Waals surface area contributed by atoms with Gasteiger partial charge >= 0.3 is 0 Å². The third kappa shape index (κ3) is 4.56. The Hall–Kier alpha value is -3.57. The third-order valence-electron chi connectivity index (χ3n) is 6.35. The first kappa shape index (κ1) is 23.2. The number of carbonyl (C=O) groups is 1. The number of phenolic OH excluding ortho intramolecular Hbond substituents is 1. The van der Waals surface area contributed by atoms with Crippen molar-refractivity contribution in [2.45, 2.75) is 12.5 Å². The zero-order chi connectivity index (χ0) is 24.5. The Morgan fingerprint density at radius 3 is 2.63 bits per heavy atom. The van der Waals surface area contributed by atoms with Gasteiger partial charge in [0.05, 0.1) is 45.9 Å². The largest absolute Gasteiger partial charge is 0.508 e. The molecule has 0 radical (unpaired) electrons. The molecule has 1 fully saturated rings. The summed E-state index contributed by atoms with van der Waals surface area (Å²) >= 11 is 12.6. The van der Waals surface area contributed by atoms with Crippen LogP contribution >= 0.6 is 23.2 Å². The highest BCUT2D eigenvalue weighted by molar-refractivity contribution is 6.36. The van der Waals surface area contributed by atoms with Crippen molar-refractivity contribution in [1.82, 2.24) is 14.9 Å². The highest BCUT2D eigenvalue weighted by Crippen LogP contribution is 2.34. The molecule has 1 saturated heterocycles. The van der Waals surface area contributed by atoms with E-state index in [1.165, 1.54) is 0 Å². The van der Waals surface area contributed by atoms with E-state index in [9.17, 15) is 15.2 Å². The number of aromatic hydroxyl groups is 1. The summed E-state index contributed by atoms with van der Waals surface area (Å²) in [4.78, 5) is 24.6. The second kappa shape index (κ2) is 9.59. The van der Waals surface area contributed by atoms with Crippen LogP contribution in [0.5, 0.6) is 5.75 Å². The lowest BCUT2D eigenvalue weighted by molar-refractivity contribution is -0.122. The first-order valence-electron chi connectivity index (χ1n) is 11.1. The number of H-pyrrole nitrogens is 1. The summed E-state index contributed by atoms with van der Waals surface area (Å²) in [6.45, 7) is 1.33. The highest BCUT2D eigenvalue weighted by atomic mass is 35.5. The van der Waals surface area contributed by atoms with Crippen molar-refractivity contribution in [3.05, 3.63) is 87.9 Å². The van der Waals surface area contributed by atoms with Crippen molar-refractivity contribution >= 4 is 45.6 Å². The predicted molar refractivity (Wildman–Crippen MR) is 136 cm³/mol. The van der Waals surface area contributed by atoms with Gasteiger partial charge < -0.3 is 15.0 Å². The third-order valence-corrected chi connectivity index (χ3v) is 6.94. The van der Waals surface area contributed by atoms with Crippen molar-refractivity contribution in [3.8, 4) is 11.8 Å². The monoisotopic (exact) mass is 505 g/mol. The zero-order valence-corrected chi connectivity index (χ0v) is 20.1. The van der Waals surface area contributed by atoms with Gasteiger partial charge in [-0.05, 0) is 47.7 Å². The van der Waals surface area contributed by atoms with Crippen molar-refractivity contribution < 1.29 is 9.90 Å². The van der Waals surface area contributed by atoms with E-state index in [0.717, 1.165) is 27.7 Å².